The van der Waals surface area contributed by atoms with Gasteiger partial charge in [-0.05, 0) is 62.1 Å². The molecule has 7 nitrogen and oxygen atoms in total. The molecule has 0 aliphatic rings. The molecule has 0 aromatic heterocycles. The number of nitrogens with one attached hydrogen (secondary N) is 2. The molecule has 0 unspecified atom stereocenters. The third-order valence-corrected chi connectivity index (χ3v) is 6.19. The van der Waals surface area contributed by atoms with Gasteiger partial charge in [0.25, 0.3) is 15.9 Å². The van der Waals surface area contributed by atoms with Gasteiger partial charge in [-0.1, -0.05) is 32.0 Å². The van der Waals surface area contributed by atoms with Gasteiger partial charge in [-0.15, -0.1) is 0 Å². The molecule has 30 heavy (non-hydrogen) atoms. The summed E-state index contributed by atoms with van der Waals surface area (Å²) in [6.45, 7) is 6.99. The second kappa shape index (κ2) is 10.2. The Morgan fingerprint density at radius 2 is 1.73 bits per heavy atom. The summed E-state index contributed by atoms with van der Waals surface area (Å²) in [5, 5.41) is 2.78. The zero-order valence-electron chi connectivity index (χ0n) is 17.7. The molecule has 2 N–H and O–H groups in total. The van der Waals surface area contributed by atoms with E-state index in [0.29, 0.717) is 11.3 Å². The number of amides is 1. The number of sulfonamides is 1. The highest BCUT2D eigenvalue weighted by Gasteiger charge is 2.20. The van der Waals surface area contributed by atoms with E-state index in [0.717, 1.165) is 18.4 Å². The molecule has 0 atom stereocenters. The molecule has 0 heterocycles. The molecule has 0 aliphatic carbocycles. The Morgan fingerprint density at radius 3 is 2.37 bits per heavy atom. The smallest absolute Gasteiger partial charge is 0.338 e. The lowest BCUT2D eigenvalue weighted by atomic mass is 10.1. The number of hydrogen-bond donors (Lipinski definition) is 2. The van der Waals surface area contributed by atoms with Crippen LogP contribution >= 0.6 is 0 Å². The zero-order valence-corrected chi connectivity index (χ0v) is 18.5. The summed E-state index contributed by atoms with van der Waals surface area (Å²) >= 11 is 0. The van der Waals surface area contributed by atoms with Crippen molar-refractivity contribution in [3.8, 4) is 0 Å². The highest BCUT2D eigenvalue weighted by molar-refractivity contribution is 7.92. The van der Waals surface area contributed by atoms with Crippen molar-refractivity contribution in [3.05, 3.63) is 59.2 Å². The summed E-state index contributed by atoms with van der Waals surface area (Å²) < 4.78 is 33.2. The van der Waals surface area contributed by atoms with Gasteiger partial charge >= 0.3 is 5.97 Å². The van der Waals surface area contributed by atoms with Crippen LogP contribution < -0.4 is 10.0 Å². The molecule has 2 aromatic rings. The Balaban J connectivity index is 2.13. The number of carbonyl (C=O) groups is 2. The highest BCUT2D eigenvalue weighted by atomic mass is 32.2. The topological polar surface area (TPSA) is 102 Å². The first-order valence-electron chi connectivity index (χ1n) is 9.82. The van der Waals surface area contributed by atoms with Crippen LogP contribution in [0.25, 0.3) is 0 Å². The molecular weight excluding hydrogens is 404 g/mol. The lowest BCUT2D eigenvalue weighted by Crippen LogP contribution is -2.36. The van der Waals surface area contributed by atoms with Crippen LogP contribution in [-0.4, -0.2) is 32.9 Å². The zero-order chi connectivity index (χ0) is 22.3. The lowest BCUT2D eigenvalue weighted by molar-refractivity contribution is -0.125. The van der Waals surface area contributed by atoms with Gasteiger partial charge < -0.3 is 10.1 Å². The number of rotatable bonds is 9. The predicted molar refractivity (Wildman–Crippen MR) is 116 cm³/mol. The monoisotopic (exact) mass is 432 g/mol. The fourth-order valence-electron chi connectivity index (χ4n) is 2.91. The van der Waals surface area contributed by atoms with E-state index >= 15 is 0 Å². The van der Waals surface area contributed by atoms with Gasteiger partial charge in [0.15, 0.2) is 6.61 Å². The minimum atomic E-state index is -3.91. The number of benzene rings is 2. The molecule has 8 heteroatoms. The van der Waals surface area contributed by atoms with E-state index in [1.54, 1.807) is 25.1 Å². The minimum Gasteiger partial charge on any atom is -0.452 e. The molecule has 0 saturated heterocycles. The lowest BCUT2D eigenvalue weighted by Gasteiger charge is -2.15. The maximum Gasteiger partial charge on any atom is 0.338 e. The van der Waals surface area contributed by atoms with Gasteiger partial charge in [-0.2, -0.15) is 0 Å². The standard InChI is InChI=1S/C22H28N2O5S/c1-5-18(6-2)23-21(25)14-29-22(26)17-11-10-16(4)20(13-17)30(27,28)24-19-9-7-8-15(3)12-19/h7-13,18,24H,5-6,14H2,1-4H3,(H,23,25). The Kier molecular flexibility index (Phi) is 8.00. The van der Waals surface area contributed by atoms with E-state index in [9.17, 15) is 18.0 Å². The molecule has 2 aromatic carbocycles. The number of ether oxygens (including phenoxy) is 1. The summed E-state index contributed by atoms with van der Waals surface area (Å²) in [6.07, 6.45) is 1.56. The first kappa shape index (κ1) is 23.4. The molecule has 0 spiro atoms. The summed E-state index contributed by atoms with van der Waals surface area (Å²) in [6, 6.07) is 11.3. The fraction of sp³-hybridized carbons (Fsp3) is 0.364. The maximum atomic E-state index is 12.8. The summed E-state index contributed by atoms with van der Waals surface area (Å²) in [5.41, 5.74) is 1.88. The average molecular weight is 433 g/mol. The van der Waals surface area contributed by atoms with Crippen LogP contribution in [0.15, 0.2) is 47.4 Å². The van der Waals surface area contributed by atoms with E-state index in [4.69, 9.17) is 4.74 Å². The molecule has 0 radical (unpaired) electrons. The van der Waals surface area contributed by atoms with Gasteiger partial charge in [0, 0.05) is 11.7 Å². The van der Waals surface area contributed by atoms with Gasteiger partial charge in [0.1, 0.15) is 0 Å². The van der Waals surface area contributed by atoms with E-state index in [1.165, 1.54) is 18.2 Å². The van der Waals surface area contributed by atoms with Crippen molar-refractivity contribution in [2.45, 2.75) is 51.5 Å². The second-order valence-electron chi connectivity index (χ2n) is 7.11. The number of aryl methyl sites for hydroxylation is 2. The molecule has 162 valence electrons. The molecule has 1 amide bonds. The predicted octanol–water partition coefficient (Wildman–Crippen LogP) is 3.57. The van der Waals surface area contributed by atoms with Crippen molar-refractivity contribution < 1.29 is 22.7 Å². The Labute approximate surface area is 177 Å². The van der Waals surface area contributed by atoms with Crippen LogP contribution in [0.1, 0.15) is 48.2 Å². The SMILES string of the molecule is CCC(CC)NC(=O)COC(=O)c1ccc(C)c(S(=O)(=O)Nc2cccc(C)c2)c1. The van der Waals surface area contributed by atoms with E-state index in [2.05, 4.69) is 10.0 Å². The number of anilines is 1. The number of hydrogen-bond acceptors (Lipinski definition) is 5. The minimum absolute atomic E-state index is 0.0278. The molecule has 0 saturated carbocycles. The van der Waals surface area contributed by atoms with Crippen molar-refractivity contribution in [1.29, 1.82) is 0 Å². The van der Waals surface area contributed by atoms with Gasteiger partial charge in [-0.3, -0.25) is 9.52 Å². The van der Waals surface area contributed by atoms with Gasteiger partial charge in [-0.25, -0.2) is 13.2 Å². The van der Waals surface area contributed by atoms with E-state index in [-0.39, 0.29) is 16.5 Å². The van der Waals surface area contributed by atoms with Crippen LogP contribution in [0.2, 0.25) is 0 Å². The second-order valence-corrected chi connectivity index (χ2v) is 8.76. The van der Waals surface area contributed by atoms with Crippen molar-refractivity contribution in [1.82, 2.24) is 5.32 Å². The Morgan fingerprint density at radius 1 is 1.03 bits per heavy atom. The highest BCUT2D eigenvalue weighted by Crippen LogP contribution is 2.22. The molecule has 0 aliphatic heterocycles. The summed E-state index contributed by atoms with van der Waals surface area (Å²) in [7, 11) is -3.91. The van der Waals surface area contributed by atoms with Crippen LogP contribution in [-0.2, 0) is 19.6 Å². The third kappa shape index (κ3) is 6.32. The molecule has 0 bridgehead atoms. The van der Waals surface area contributed by atoms with Gasteiger partial charge in [0.2, 0.25) is 0 Å². The summed E-state index contributed by atoms with van der Waals surface area (Å²) in [4.78, 5) is 24.2. The van der Waals surface area contributed by atoms with Crippen LogP contribution in [0.4, 0.5) is 5.69 Å². The number of carbonyl (C=O) groups excluding carboxylic acids is 2. The molecule has 2 rings (SSSR count). The van der Waals surface area contributed by atoms with Crippen molar-refractivity contribution in [2.75, 3.05) is 11.3 Å². The fourth-order valence-corrected chi connectivity index (χ4v) is 4.23. The van der Waals surface area contributed by atoms with Gasteiger partial charge in [0.05, 0.1) is 10.5 Å². The largest absolute Gasteiger partial charge is 0.452 e. The first-order valence-corrected chi connectivity index (χ1v) is 11.3. The van der Waals surface area contributed by atoms with Crippen LogP contribution in [0, 0.1) is 13.8 Å². The molecule has 0 fully saturated rings. The van der Waals surface area contributed by atoms with Crippen molar-refractivity contribution in [2.24, 2.45) is 0 Å². The first-order chi connectivity index (χ1) is 14.2. The summed E-state index contributed by atoms with van der Waals surface area (Å²) in [5.74, 6) is -1.15. The van der Waals surface area contributed by atoms with Crippen molar-refractivity contribution >= 4 is 27.6 Å². The van der Waals surface area contributed by atoms with E-state index in [1.807, 2.05) is 26.8 Å². The van der Waals surface area contributed by atoms with Crippen LogP contribution in [0.5, 0.6) is 0 Å². The average Bonchev–Trinajstić information content (AvgIpc) is 2.70. The Hall–Kier alpha value is -2.87. The molecular formula is C22H28N2O5S. The quantitative estimate of drug-likeness (QED) is 0.590. The number of esters is 1. The normalized spacial score (nSPS) is 11.2. The van der Waals surface area contributed by atoms with E-state index < -0.39 is 28.5 Å². The Bertz CT molecular complexity index is 1010. The van der Waals surface area contributed by atoms with Crippen molar-refractivity contribution in [3.63, 3.8) is 0 Å². The third-order valence-electron chi connectivity index (χ3n) is 4.67. The van der Waals surface area contributed by atoms with Crippen LogP contribution in [0.3, 0.4) is 0 Å². The maximum absolute atomic E-state index is 12.8.